The summed E-state index contributed by atoms with van der Waals surface area (Å²) >= 11 is 13.0. The predicted octanol–water partition coefficient (Wildman–Crippen LogP) is 5.68. The zero-order valence-electron chi connectivity index (χ0n) is 23.0. The smallest absolute Gasteiger partial charge is 0.508 e. The molecular weight excluding hydrogens is 612 g/mol. The molecule has 2 aliphatic heterocycles. The molecule has 228 valence electrons. The molecule has 1 aliphatic carbocycles. The van der Waals surface area contributed by atoms with Crippen LogP contribution in [0.3, 0.4) is 0 Å². The Hall–Kier alpha value is -3.90. The van der Waals surface area contributed by atoms with Gasteiger partial charge in [0.25, 0.3) is 0 Å². The molecule has 14 heteroatoms. The van der Waals surface area contributed by atoms with Crippen molar-refractivity contribution >= 4 is 41.0 Å². The SMILES string of the molecule is COc1ccc(C2=N[C@@H](c3ccc(O)cc3)[C@@H]([C@]3(C)C=C(Cl)C=C(Cl)C3)N2C(=O)N2CCNC(=O)C2)c(OC(F)(F)F)c1. The van der Waals surface area contributed by atoms with Crippen LogP contribution in [0.15, 0.2) is 69.7 Å². The van der Waals surface area contributed by atoms with Crippen molar-refractivity contribution in [3.63, 3.8) is 0 Å². The highest BCUT2D eigenvalue weighted by atomic mass is 35.5. The maximum Gasteiger partial charge on any atom is 0.573 e. The van der Waals surface area contributed by atoms with E-state index in [-0.39, 0.29) is 54.9 Å². The number of phenolic OH excluding ortho intramolecular Hbond substituents is 1. The summed E-state index contributed by atoms with van der Waals surface area (Å²) in [6.07, 6.45) is -1.52. The number of aliphatic imine (C=N–C) groups is 1. The molecule has 43 heavy (non-hydrogen) atoms. The average Bonchev–Trinajstić information content (AvgIpc) is 3.32. The number of aromatic hydroxyl groups is 1. The van der Waals surface area contributed by atoms with Gasteiger partial charge in [0.1, 0.15) is 29.6 Å². The number of nitrogens with zero attached hydrogens (tertiary/aromatic N) is 3. The first-order valence-electron chi connectivity index (χ1n) is 13.2. The standard InChI is InChI=1S/C29H27Cl2F3N4O5/c1-28(13-17(30)11-18(31)14-28)25-24(16-3-5-19(39)6-4-16)36-26(38(25)27(41)37-10-9-35-23(40)15-37)21-8-7-20(42-2)12-22(21)43-29(32,33)34/h3-8,11-13,24-25,39H,9-10,14-15H2,1-2H3,(H,35,40)/t24-,25-,28+/m0/s1. The molecule has 9 nitrogen and oxygen atoms in total. The summed E-state index contributed by atoms with van der Waals surface area (Å²) in [5.41, 5.74) is -0.548. The molecule has 0 unspecified atom stereocenters. The van der Waals surface area contributed by atoms with Crippen LogP contribution in [0.2, 0.25) is 0 Å². The van der Waals surface area contributed by atoms with E-state index in [0.717, 1.165) is 6.07 Å². The first-order valence-corrected chi connectivity index (χ1v) is 13.9. The molecule has 1 fully saturated rings. The lowest BCUT2D eigenvalue weighted by atomic mass is 9.72. The number of hydrogen-bond acceptors (Lipinski definition) is 6. The molecule has 3 aliphatic rings. The monoisotopic (exact) mass is 638 g/mol. The average molecular weight is 639 g/mol. The Bertz CT molecular complexity index is 1530. The van der Waals surface area contributed by atoms with Gasteiger partial charge in [0.2, 0.25) is 5.91 Å². The van der Waals surface area contributed by atoms with Gasteiger partial charge in [0.15, 0.2) is 0 Å². The number of methoxy groups -OCH3 is 1. The molecule has 3 atom stereocenters. The van der Waals surface area contributed by atoms with Gasteiger partial charge in [-0.05, 0) is 42.3 Å². The summed E-state index contributed by atoms with van der Waals surface area (Å²) in [5.74, 6) is -1.05. The quantitative estimate of drug-likeness (QED) is 0.439. The van der Waals surface area contributed by atoms with E-state index in [9.17, 15) is 27.9 Å². The van der Waals surface area contributed by atoms with Gasteiger partial charge in [-0.2, -0.15) is 0 Å². The second-order valence-corrected chi connectivity index (χ2v) is 11.5. The number of alkyl halides is 3. The molecule has 0 saturated carbocycles. The molecule has 0 spiro atoms. The van der Waals surface area contributed by atoms with E-state index >= 15 is 0 Å². The van der Waals surface area contributed by atoms with Gasteiger partial charge in [-0.3, -0.25) is 14.7 Å². The summed E-state index contributed by atoms with van der Waals surface area (Å²) in [6.45, 7) is 1.92. The van der Waals surface area contributed by atoms with Gasteiger partial charge < -0.3 is 24.8 Å². The molecule has 2 N–H and O–H groups in total. The molecule has 5 rings (SSSR count). The van der Waals surface area contributed by atoms with Crippen molar-refractivity contribution in [1.29, 1.82) is 0 Å². The first kappa shape index (κ1) is 30.6. The van der Waals surface area contributed by atoms with Crippen LogP contribution in [-0.2, 0) is 4.79 Å². The number of carbonyl (C=O) groups excluding carboxylic acids is 2. The second-order valence-electron chi connectivity index (χ2n) is 10.6. The molecule has 2 aromatic rings. The van der Waals surface area contributed by atoms with Gasteiger partial charge >= 0.3 is 12.4 Å². The number of piperazine rings is 1. The van der Waals surface area contributed by atoms with Gasteiger partial charge in [0, 0.05) is 34.6 Å². The van der Waals surface area contributed by atoms with Gasteiger partial charge in [-0.15, -0.1) is 13.2 Å². The van der Waals surface area contributed by atoms with Gasteiger partial charge in [0.05, 0.1) is 24.8 Å². The maximum absolute atomic E-state index is 14.4. The number of halogens is 5. The zero-order chi connectivity index (χ0) is 31.1. The zero-order valence-corrected chi connectivity index (χ0v) is 24.5. The molecule has 1 saturated heterocycles. The lowest BCUT2D eigenvalue weighted by Gasteiger charge is -2.44. The van der Waals surface area contributed by atoms with Crippen LogP contribution in [0.4, 0.5) is 18.0 Å². The molecule has 2 heterocycles. The summed E-state index contributed by atoms with van der Waals surface area (Å²) in [5, 5.41) is 13.3. The molecule has 2 aromatic carbocycles. The minimum atomic E-state index is -5.07. The lowest BCUT2D eigenvalue weighted by Crippen LogP contribution is -2.59. The second kappa shape index (κ2) is 11.6. The van der Waals surface area contributed by atoms with Crippen molar-refractivity contribution in [2.24, 2.45) is 10.4 Å². The number of phenols is 1. The number of benzene rings is 2. The van der Waals surface area contributed by atoms with Crippen LogP contribution in [0.1, 0.15) is 30.5 Å². The Morgan fingerprint density at radius 1 is 1.19 bits per heavy atom. The van der Waals surface area contributed by atoms with E-state index in [1.807, 2.05) is 6.92 Å². The van der Waals surface area contributed by atoms with E-state index < -0.39 is 35.6 Å². The van der Waals surface area contributed by atoms with Crippen molar-refractivity contribution in [3.8, 4) is 17.2 Å². The number of ether oxygens (including phenoxy) is 2. The van der Waals surface area contributed by atoms with Crippen molar-refractivity contribution in [2.75, 3.05) is 26.7 Å². The maximum atomic E-state index is 14.4. The number of nitrogens with one attached hydrogen (secondary N) is 1. The summed E-state index contributed by atoms with van der Waals surface area (Å²) in [6, 6.07) is 7.57. The first-order chi connectivity index (χ1) is 20.3. The van der Waals surface area contributed by atoms with Gasteiger partial charge in [-0.1, -0.05) is 48.3 Å². The molecule has 3 amide bonds. The number of amidine groups is 1. The van der Waals surface area contributed by atoms with Crippen LogP contribution in [0, 0.1) is 5.41 Å². The number of amides is 3. The predicted molar refractivity (Wildman–Crippen MR) is 153 cm³/mol. The van der Waals surface area contributed by atoms with E-state index in [1.54, 1.807) is 24.3 Å². The van der Waals surface area contributed by atoms with Crippen LogP contribution in [-0.4, -0.2) is 71.8 Å². The lowest BCUT2D eigenvalue weighted by molar-refractivity contribution is -0.274. The number of rotatable bonds is 5. The molecular formula is C29H27Cl2F3N4O5. The van der Waals surface area contributed by atoms with Crippen molar-refractivity contribution in [1.82, 2.24) is 15.1 Å². The molecule has 0 radical (unpaired) electrons. The van der Waals surface area contributed by atoms with E-state index in [0.29, 0.717) is 15.6 Å². The highest BCUT2D eigenvalue weighted by molar-refractivity contribution is 6.35. The van der Waals surface area contributed by atoms with E-state index in [1.165, 1.54) is 41.2 Å². The Balaban J connectivity index is 1.74. The van der Waals surface area contributed by atoms with Gasteiger partial charge in [-0.25, -0.2) is 4.79 Å². The fraction of sp³-hybridized carbons (Fsp3) is 0.345. The van der Waals surface area contributed by atoms with Crippen LogP contribution in [0.5, 0.6) is 17.2 Å². The highest BCUT2D eigenvalue weighted by Crippen LogP contribution is 2.50. The third-order valence-corrected chi connectivity index (χ3v) is 7.92. The van der Waals surface area contributed by atoms with Crippen molar-refractivity contribution in [3.05, 3.63) is 75.8 Å². The van der Waals surface area contributed by atoms with Crippen LogP contribution < -0.4 is 14.8 Å². The fourth-order valence-corrected chi connectivity index (χ4v) is 6.51. The largest absolute Gasteiger partial charge is 0.573 e. The third-order valence-electron chi connectivity index (χ3n) is 7.46. The number of carbonyl (C=O) groups is 2. The highest BCUT2D eigenvalue weighted by Gasteiger charge is 2.53. The van der Waals surface area contributed by atoms with Crippen molar-refractivity contribution < 1.29 is 37.3 Å². The summed E-state index contributed by atoms with van der Waals surface area (Å²) < 4.78 is 50.4. The summed E-state index contributed by atoms with van der Waals surface area (Å²) in [4.78, 5) is 34.2. The number of hydrogen-bond donors (Lipinski definition) is 2. The minimum absolute atomic E-state index is 0.0106. The topological polar surface area (TPSA) is 104 Å². The fourth-order valence-electron chi connectivity index (χ4n) is 5.67. The number of allylic oxidation sites excluding steroid dienone is 3. The Morgan fingerprint density at radius 2 is 1.91 bits per heavy atom. The van der Waals surface area contributed by atoms with E-state index in [2.05, 4.69) is 10.1 Å². The van der Waals surface area contributed by atoms with E-state index in [4.69, 9.17) is 32.9 Å². The third kappa shape index (κ3) is 6.40. The Morgan fingerprint density at radius 3 is 2.53 bits per heavy atom. The molecule has 0 bridgehead atoms. The Kier molecular flexibility index (Phi) is 8.28. The number of urea groups is 1. The van der Waals surface area contributed by atoms with Crippen molar-refractivity contribution in [2.45, 2.75) is 31.8 Å². The molecule has 0 aromatic heterocycles. The van der Waals surface area contributed by atoms with Crippen LogP contribution >= 0.6 is 23.2 Å². The Labute approximate surface area is 255 Å². The summed E-state index contributed by atoms with van der Waals surface area (Å²) in [7, 11) is 1.30. The normalized spacial score (nSPS) is 24.2. The minimum Gasteiger partial charge on any atom is -0.508 e. The van der Waals surface area contributed by atoms with Crippen LogP contribution in [0.25, 0.3) is 0 Å².